The van der Waals surface area contributed by atoms with Crippen molar-refractivity contribution >= 4 is 5.65 Å². The minimum absolute atomic E-state index is 0.645. The highest BCUT2D eigenvalue weighted by molar-refractivity contribution is 5.39. The second kappa shape index (κ2) is 7.10. The van der Waals surface area contributed by atoms with Crippen molar-refractivity contribution in [3.8, 4) is 0 Å². The van der Waals surface area contributed by atoms with Gasteiger partial charge in [-0.25, -0.2) is 4.98 Å². The largest absolute Gasteiger partial charge is 0.382 e. The predicted octanol–water partition coefficient (Wildman–Crippen LogP) is 1.09. The van der Waals surface area contributed by atoms with Gasteiger partial charge in [-0.05, 0) is 12.1 Å². The fraction of sp³-hybridized carbons (Fsp3) is 0.462. The van der Waals surface area contributed by atoms with Crippen LogP contribution in [-0.4, -0.2) is 42.9 Å². The lowest BCUT2D eigenvalue weighted by molar-refractivity contribution is 0.0719. The van der Waals surface area contributed by atoms with Gasteiger partial charge >= 0.3 is 0 Å². The van der Waals surface area contributed by atoms with Gasteiger partial charge < -0.3 is 19.2 Å². The van der Waals surface area contributed by atoms with Crippen LogP contribution in [0.5, 0.6) is 0 Å². The van der Waals surface area contributed by atoms with E-state index in [1.165, 1.54) is 0 Å². The van der Waals surface area contributed by atoms with Gasteiger partial charge in [-0.1, -0.05) is 6.07 Å². The third-order valence-electron chi connectivity index (χ3n) is 2.57. The Hall–Kier alpha value is -1.43. The maximum Gasteiger partial charge on any atom is 0.137 e. The third kappa shape index (κ3) is 3.80. The molecular weight excluding hydrogens is 230 g/mol. The summed E-state index contributed by atoms with van der Waals surface area (Å²) in [6.07, 6.45) is 4.04. The number of hydrogen-bond donors (Lipinski definition) is 1. The number of methoxy groups -OCH3 is 1. The van der Waals surface area contributed by atoms with E-state index in [-0.39, 0.29) is 0 Å². The molecule has 98 valence electrons. The molecule has 0 atom stereocenters. The van der Waals surface area contributed by atoms with Gasteiger partial charge in [0.2, 0.25) is 0 Å². The number of rotatable bonds is 8. The van der Waals surface area contributed by atoms with Crippen LogP contribution < -0.4 is 5.32 Å². The summed E-state index contributed by atoms with van der Waals surface area (Å²) >= 11 is 0. The first kappa shape index (κ1) is 13.0. The van der Waals surface area contributed by atoms with Crippen molar-refractivity contribution in [2.24, 2.45) is 0 Å². The van der Waals surface area contributed by atoms with E-state index in [1.807, 2.05) is 35.0 Å². The summed E-state index contributed by atoms with van der Waals surface area (Å²) in [6.45, 7) is 3.56. The lowest BCUT2D eigenvalue weighted by Crippen LogP contribution is -2.20. The minimum Gasteiger partial charge on any atom is -0.382 e. The monoisotopic (exact) mass is 249 g/mol. The molecule has 0 aromatic carbocycles. The van der Waals surface area contributed by atoms with Gasteiger partial charge in [-0.2, -0.15) is 0 Å². The molecule has 1 N–H and O–H groups in total. The zero-order chi connectivity index (χ0) is 12.6. The average molecular weight is 249 g/mol. The number of imidazole rings is 1. The second-order valence-electron chi connectivity index (χ2n) is 3.98. The number of aromatic nitrogens is 2. The first-order valence-corrected chi connectivity index (χ1v) is 6.10. The molecular formula is C13H19N3O2. The molecule has 0 unspecified atom stereocenters. The zero-order valence-corrected chi connectivity index (χ0v) is 10.6. The van der Waals surface area contributed by atoms with Crippen LogP contribution in [0.25, 0.3) is 5.65 Å². The number of hydrogen-bond acceptors (Lipinski definition) is 4. The van der Waals surface area contributed by atoms with Gasteiger partial charge in [0, 0.05) is 32.6 Å². The Labute approximate surface area is 107 Å². The summed E-state index contributed by atoms with van der Waals surface area (Å²) in [5.41, 5.74) is 2.02. The molecule has 0 aliphatic carbocycles. The molecule has 0 fully saturated rings. The fourth-order valence-electron chi connectivity index (χ4n) is 1.68. The highest BCUT2D eigenvalue weighted by Gasteiger charge is 1.99. The summed E-state index contributed by atoms with van der Waals surface area (Å²) in [5, 5.41) is 3.30. The average Bonchev–Trinajstić information content (AvgIpc) is 2.80. The van der Waals surface area contributed by atoms with Crippen molar-refractivity contribution in [1.29, 1.82) is 0 Å². The van der Waals surface area contributed by atoms with E-state index < -0.39 is 0 Å². The molecule has 2 rings (SSSR count). The molecule has 0 aliphatic rings. The van der Waals surface area contributed by atoms with Crippen molar-refractivity contribution in [2.75, 3.05) is 33.5 Å². The molecule has 2 aromatic rings. The van der Waals surface area contributed by atoms with Crippen LogP contribution in [-0.2, 0) is 16.0 Å². The number of pyridine rings is 1. The summed E-state index contributed by atoms with van der Waals surface area (Å²) in [7, 11) is 1.67. The van der Waals surface area contributed by atoms with Gasteiger partial charge in [0.25, 0.3) is 0 Å². The third-order valence-corrected chi connectivity index (χ3v) is 2.57. The van der Waals surface area contributed by atoms with Crippen molar-refractivity contribution in [3.63, 3.8) is 0 Å². The van der Waals surface area contributed by atoms with Gasteiger partial charge in [-0.15, -0.1) is 0 Å². The first-order chi connectivity index (χ1) is 8.90. The molecule has 2 aromatic heterocycles. The maximum atomic E-state index is 5.36. The normalized spacial score (nSPS) is 11.2. The Morgan fingerprint density at radius 1 is 1.28 bits per heavy atom. The van der Waals surface area contributed by atoms with Gasteiger partial charge in [0.1, 0.15) is 5.65 Å². The number of fused-ring (bicyclic) bond motifs is 1. The molecule has 0 saturated heterocycles. The Bertz CT molecular complexity index is 437. The van der Waals surface area contributed by atoms with E-state index in [2.05, 4.69) is 10.3 Å². The highest BCUT2D eigenvalue weighted by atomic mass is 16.5. The molecule has 0 saturated carbocycles. The van der Waals surface area contributed by atoms with E-state index in [1.54, 1.807) is 7.11 Å². The van der Waals surface area contributed by atoms with Crippen LogP contribution in [0.15, 0.2) is 30.6 Å². The summed E-state index contributed by atoms with van der Waals surface area (Å²) in [4.78, 5) is 4.50. The Kier molecular flexibility index (Phi) is 5.14. The molecule has 2 heterocycles. The number of ether oxygens (including phenoxy) is 2. The number of nitrogens with one attached hydrogen (secondary N) is 1. The zero-order valence-electron chi connectivity index (χ0n) is 10.6. The van der Waals surface area contributed by atoms with Gasteiger partial charge in [0.05, 0.1) is 25.5 Å². The van der Waals surface area contributed by atoms with Crippen molar-refractivity contribution in [3.05, 3.63) is 36.3 Å². The molecule has 0 amide bonds. The standard InChI is InChI=1S/C13H19N3O2/c1-17-8-9-18-7-5-14-10-12-11-16-6-3-2-4-13(16)15-12/h2-4,6,11,14H,5,7-10H2,1H3. The van der Waals surface area contributed by atoms with Crippen LogP contribution in [0, 0.1) is 0 Å². The van der Waals surface area contributed by atoms with Crippen LogP contribution in [0.1, 0.15) is 5.69 Å². The molecule has 0 aliphatic heterocycles. The maximum absolute atomic E-state index is 5.36. The van der Waals surface area contributed by atoms with Crippen molar-refractivity contribution in [2.45, 2.75) is 6.54 Å². The lowest BCUT2D eigenvalue weighted by Gasteiger charge is -2.04. The smallest absolute Gasteiger partial charge is 0.137 e. The summed E-state index contributed by atoms with van der Waals surface area (Å²) in [5.74, 6) is 0. The molecule has 5 nitrogen and oxygen atoms in total. The van der Waals surface area contributed by atoms with Gasteiger partial charge in [0.15, 0.2) is 0 Å². The van der Waals surface area contributed by atoms with E-state index in [4.69, 9.17) is 9.47 Å². The molecule has 0 spiro atoms. The Balaban J connectivity index is 1.67. The van der Waals surface area contributed by atoms with E-state index in [0.717, 1.165) is 24.4 Å². The van der Waals surface area contributed by atoms with Gasteiger partial charge in [-0.3, -0.25) is 0 Å². The predicted molar refractivity (Wildman–Crippen MR) is 69.6 cm³/mol. The number of nitrogens with zero attached hydrogens (tertiary/aromatic N) is 2. The highest BCUT2D eigenvalue weighted by Crippen LogP contribution is 2.03. The van der Waals surface area contributed by atoms with Crippen LogP contribution >= 0.6 is 0 Å². The van der Waals surface area contributed by atoms with E-state index in [0.29, 0.717) is 19.8 Å². The Morgan fingerprint density at radius 3 is 3.06 bits per heavy atom. The summed E-state index contributed by atoms with van der Waals surface area (Å²) < 4.78 is 12.3. The molecule has 0 bridgehead atoms. The lowest BCUT2D eigenvalue weighted by atomic mass is 10.4. The fourth-order valence-corrected chi connectivity index (χ4v) is 1.68. The van der Waals surface area contributed by atoms with Crippen molar-refractivity contribution in [1.82, 2.24) is 14.7 Å². The molecule has 18 heavy (non-hydrogen) atoms. The molecule has 5 heteroatoms. The SMILES string of the molecule is COCCOCCNCc1cn2ccccc2n1. The van der Waals surface area contributed by atoms with E-state index in [9.17, 15) is 0 Å². The topological polar surface area (TPSA) is 47.8 Å². The first-order valence-electron chi connectivity index (χ1n) is 6.10. The second-order valence-corrected chi connectivity index (χ2v) is 3.98. The van der Waals surface area contributed by atoms with Crippen LogP contribution in [0.3, 0.4) is 0 Å². The quantitative estimate of drug-likeness (QED) is 0.711. The minimum atomic E-state index is 0.645. The van der Waals surface area contributed by atoms with E-state index >= 15 is 0 Å². The Morgan fingerprint density at radius 2 is 2.22 bits per heavy atom. The van der Waals surface area contributed by atoms with Crippen LogP contribution in [0.4, 0.5) is 0 Å². The summed E-state index contributed by atoms with van der Waals surface area (Å²) in [6, 6.07) is 5.98. The molecule has 0 radical (unpaired) electrons. The van der Waals surface area contributed by atoms with Crippen molar-refractivity contribution < 1.29 is 9.47 Å². The van der Waals surface area contributed by atoms with Crippen LogP contribution in [0.2, 0.25) is 0 Å².